The van der Waals surface area contributed by atoms with Crippen molar-refractivity contribution in [1.82, 2.24) is 0 Å². The fourth-order valence-electron chi connectivity index (χ4n) is 2.21. The van der Waals surface area contributed by atoms with Gasteiger partial charge in [0.25, 0.3) is 0 Å². The molecule has 0 amide bonds. The van der Waals surface area contributed by atoms with E-state index in [1.165, 1.54) is 11.3 Å². The molecule has 0 aliphatic carbocycles. The molecule has 0 bridgehead atoms. The molecule has 0 spiro atoms. The Balaban J connectivity index is 2.39. The zero-order valence-corrected chi connectivity index (χ0v) is 10.3. The minimum absolute atomic E-state index is 0.375. The van der Waals surface area contributed by atoms with Gasteiger partial charge in [-0.3, -0.25) is 0 Å². The second-order valence-electron chi connectivity index (χ2n) is 3.74. The number of benzene rings is 1. The summed E-state index contributed by atoms with van der Waals surface area (Å²) in [4.78, 5) is 7.13. The molecule has 1 atom stereocenters. The van der Waals surface area contributed by atoms with Gasteiger partial charge in [-0.1, -0.05) is 22.0 Å². The molecule has 2 N–H and O–H groups in total. The van der Waals surface area contributed by atoms with Crippen LogP contribution in [0.4, 0.5) is 5.69 Å². The van der Waals surface area contributed by atoms with Crippen LogP contribution in [0.5, 0.6) is 0 Å². The van der Waals surface area contributed by atoms with Crippen LogP contribution in [0.2, 0.25) is 0 Å². The predicted octanol–water partition coefficient (Wildman–Crippen LogP) is 2.26. The van der Waals surface area contributed by atoms with Crippen LogP contribution in [0.15, 0.2) is 22.7 Å². The summed E-state index contributed by atoms with van der Waals surface area (Å²) >= 11 is 3.59. The molecule has 1 unspecified atom stereocenters. The summed E-state index contributed by atoms with van der Waals surface area (Å²) in [5, 5.41) is 0. The van der Waals surface area contributed by atoms with Crippen molar-refractivity contribution in [1.29, 1.82) is 0 Å². The Bertz CT molecular complexity index is 356. The van der Waals surface area contributed by atoms with E-state index >= 15 is 0 Å². The van der Waals surface area contributed by atoms with Gasteiger partial charge in [-0.25, -0.2) is 5.90 Å². The first-order valence-electron chi connectivity index (χ1n) is 5.13. The minimum atomic E-state index is 0.375. The second kappa shape index (κ2) is 4.51. The van der Waals surface area contributed by atoms with Crippen LogP contribution < -0.4 is 10.8 Å². The first kappa shape index (κ1) is 10.9. The van der Waals surface area contributed by atoms with Crippen LogP contribution in [-0.2, 0) is 4.84 Å². The number of anilines is 1. The van der Waals surface area contributed by atoms with Crippen LogP contribution in [0, 0.1) is 0 Å². The highest BCUT2D eigenvalue weighted by molar-refractivity contribution is 9.10. The van der Waals surface area contributed by atoms with Crippen molar-refractivity contribution >= 4 is 21.6 Å². The van der Waals surface area contributed by atoms with Gasteiger partial charge in [-0.2, -0.15) is 0 Å². The van der Waals surface area contributed by atoms with E-state index in [9.17, 15) is 0 Å². The third-order valence-electron chi connectivity index (χ3n) is 2.90. The van der Waals surface area contributed by atoms with Gasteiger partial charge in [-0.05, 0) is 24.6 Å². The number of hydrogen-bond acceptors (Lipinski definition) is 3. The van der Waals surface area contributed by atoms with Crippen LogP contribution >= 0.6 is 15.9 Å². The summed E-state index contributed by atoms with van der Waals surface area (Å²) in [6.07, 6.45) is 0. The molecule has 2 rings (SSSR count). The minimum Gasteiger partial charge on any atom is -0.371 e. The summed E-state index contributed by atoms with van der Waals surface area (Å²) in [7, 11) is 0. The Labute approximate surface area is 98.3 Å². The predicted molar refractivity (Wildman–Crippen MR) is 64.9 cm³/mol. The lowest BCUT2D eigenvalue weighted by molar-refractivity contribution is 0.126. The zero-order valence-electron chi connectivity index (χ0n) is 8.74. The summed E-state index contributed by atoms with van der Waals surface area (Å²) in [6, 6.07) is 6.29. The number of halogens is 1. The van der Waals surface area contributed by atoms with Crippen LogP contribution in [0.3, 0.4) is 0 Å². The van der Waals surface area contributed by atoms with Gasteiger partial charge in [0.2, 0.25) is 0 Å². The maximum absolute atomic E-state index is 5.17. The van der Waals surface area contributed by atoms with Gasteiger partial charge in [0.15, 0.2) is 0 Å². The number of fused-ring (bicyclic) bond motifs is 1. The number of likely N-dealkylation sites (N-methyl/N-ethyl adjacent to an activating group) is 1. The largest absolute Gasteiger partial charge is 0.371 e. The van der Waals surface area contributed by atoms with Crippen molar-refractivity contribution in [3.63, 3.8) is 0 Å². The molecule has 0 fully saturated rings. The number of nitrogens with zero attached hydrogens (tertiary/aromatic N) is 1. The molecule has 3 nitrogen and oxygen atoms in total. The summed E-state index contributed by atoms with van der Waals surface area (Å²) in [5.41, 5.74) is 2.62. The lowest BCUT2D eigenvalue weighted by atomic mass is 10.0. The van der Waals surface area contributed by atoms with Gasteiger partial charge in [0.1, 0.15) is 0 Å². The molecule has 1 heterocycles. The summed E-state index contributed by atoms with van der Waals surface area (Å²) in [6.45, 7) is 4.75. The third kappa shape index (κ3) is 1.89. The smallest absolute Gasteiger partial charge is 0.0766 e. The van der Waals surface area contributed by atoms with Gasteiger partial charge >= 0.3 is 0 Å². The number of rotatable bonds is 3. The highest BCUT2D eigenvalue weighted by Crippen LogP contribution is 2.40. The standard InChI is InChI=1S/C11H15BrN2O/c1-2-14-6-8(7-15-13)11-9(12)4-3-5-10(11)14/h3-5,8H,2,6-7,13H2,1H3. The van der Waals surface area contributed by atoms with Gasteiger partial charge in [0.05, 0.1) is 6.61 Å². The van der Waals surface area contributed by atoms with E-state index in [1.807, 2.05) is 0 Å². The van der Waals surface area contributed by atoms with Gasteiger partial charge in [-0.15, -0.1) is 0 Å². The lowest BCUT2D eigenvalue weighted by Gasteiger charge is -2.16. The number of nitrogens with two attached hydrogens (primary N) is 1. The van der Waals surface area contributed by atoms with Gasteiger partial charge in [0, 0.05) is 29.2 Å². The zero-order chi connectivity index (χ0) is 10.8. The van der Waals surface area contributed by atoms with E-state index in [2.05, 4.69) is 46.0 Å². The molecular formula is C11H15BrN2O. The van der Waals surface area contributed by atoms with Crippen molar-refractivity contribution in [2.24, 2.45) is 5.90 Å². The molecule has 4 heteroatoms. The highest BCUT2D eigenvalue weighted by Gasteiger charge is 2.29. The van der Waals surface area contributed by atoms with Crippen LogP contribution in [-0.4, -0.2) is 19.7 Å². The fourth-order valence-corrected chi connectivity index (χ4v) is 2.89. The molecule has 0 aromatic heterocycles. The molecule has 0 radical (unpaired) electrons. The molecule has 1 aromatic carbocycles. The third-order valence-corrected chi connectivity index (χ3v) is 3.59. The van der Waals surface area contributed by atoms with Crippen LogP contribution in [0.1, 0.15) is 18.4 Å². The van der Waals surface area contributed by atoms with Crippen LogP contribution in [0.25, 0.3) is 0 Å². The maximum Gasteiger partial charge on any atom is 0.0766 e. The maximum atomic E-state index is 5.17. The Hall–Kier alpha value is -0.580. The molecule has 1 aliphatic heterocycles. The van der Waals surface area contributed by atoms with E-state index in [-0.39, 0.29) is 0 Å². The van der Waals surface area contributed by atoms with Crippen molar-refractivity contribution in [2.75, 3.05) is 24.6 Å². The first-order valence-corrected chi connectivity index (χ1v) is 5.92. The topological polar surface area (TPSA) is 38.5 Å². The molecule has 1 aliphatic rings. The lowest BCUT2D eigenvalue weighted by Crippen LogP contribution is -2.23. The normalized spacial score (nSPS) is 19.4. The molecule has 0 saturated heterocycles. The van der Waals surface area contributed by atoms with Crippen molar-refractivity contribution in [2.45, 2.75) is 12.8 Å². The molecule has 0 saturated carbocycles. The first-order chi connectivity index (χ1) is 7.27. The highest BCUT2D eigenvalue weighted by atomic mass is 79.9. The second-order valence-corrected chi connectivity index (χ2v) is 4.60. The molecule has 15 heavy (non-hydrogen) atoms. The van der Waals surface area contributed by atoms with E-state index in [0.717, 1.165) is 17.6 Å². The average molecular weight is 271 g/mol. The molecule has 1 aromatic rings. The van der Waals surface area contributed by atoms with E-state index < -0.39 is 0 Å². The Kier molecular flexibility index (Phi) is 3.29. The Morgan fingerprint density at radius 2 is 2.40 bits per heavy atom. The Morgan fingerprint density at radius 3 is 3.07 bits per heavy atom. The SMILES string of the molecule is CCN1CC(CON)c2c(Br)cccc21. The van der Waals surface area contributed by atoms with Crippen molar-refractivity contribution < 1.29 is 4.84 Å². The Morgan fingerprint density at radius 1 is 1.60 bits per heavy atom. The quantitative estimate of drug-likeness (QED) is 0.857. The van der Waals surface area contributed by atoms with Crippen molar-refractivity contribution in [3.05, 3.63) is 28.2 Å². The van der Waals surface area contributed by atoms with E-state index in [4.69, 9.17) is 10.7 Å². The van der Waals surface area contributed by atoms with E-state index in [1.54, 1.807) is 0 Å². The van der Waals surface area contributed by atoms with Crippen molar-refractivity contribution in [3.8, 4) is 0 Å². The summed E-state index contributed by atoms with van der Waals surface area (Å²) in [5.74, 6) is 5.54. The average Bonchev–Trinajstić information content (AvgIpc) is 2.59. The molecular weight excluding hydrogens is 256 g/mol. The summed E-state index contributed by atoms with van der Waals surface area (Å²) < 4.78 is 1.15. The fraction of sp³-hybridized carbons (Fsp3) is 0.455. The number of hydrogen-bond donors (Lipinski definition) is 1. The molecule has 82 valence electrons. The monoisotopic (exact) mass is 270 g/mol. The van der Waals surface area contributed by atoms with E-state index in [0.29, 0.717) is 12.5 Å². The van der Waals surface area contributed by atoms with Gasteiger partial charge < -0.3 is 9.74 Å².